The number of methoxy groups -OCH3 is 1. The number of nitrogens with one attached hydrogen (secondary N) is 2. The lowest BCUT2D eigenvalue weighted by atomic mass is 10.0. The highest BCUT2D eigenvalue weighted by Crippen LogP contribution is 2.27. The predicted octanol–water partition coefficient (Wildman–Crippen LogP) is 1.49. The van der Waals surface area contributed by atoms with Crippen molar-refractivity contribution in [1.82, 2.24) is 10.6 Å². The minimum absolute atomic E-state index is 0.371. The number of ether oxygens (including phenoxy) is 1. The first-order chi connectivity index (χ1) is 7.85. The molecule has 1 saturated heterocycles. The van der Waals surface area contributed by atoms with Crippen molar-refractivity contribution in [2.45, 2.75) is 19.4 Å². The standard InChI is InChI=1S/C13H20N2O/c1-3-10-4-5-13(16-2)11(8-10)12-9-14-6-7-15-12/h4-5,8,12,14-15H,3,6-7,9H2,1-2H3. The van der Waals surface area contributed by atoms with Gasteiger partial charge in [0.15, 0.2) is 0 Å². The summed E-state index contributed by atoms with van der Waals surface area (Å²) in [5.74, 6) is 0.985. The fourth-order valence-corrected chi connectivity index (χ4v) is 2.15. The Morgan fingerprint density at radius 3 is 2.88 bits per heavy atom. The van der Waals surface area contributed by atoms with E-state index in [2.05, 4.69) is 35.8 Å². The molecule has 1 heterocycles. The quantitative estimate of drug-likeness (QED) is 0.809. The molecule has 0 amide bonds. The Balaban J connectivity index is 2.27. The molecule has 0 saturated carbocycles. The topological polar surface area (TPSA) is 33.3 Å². The van der Waals surface area contributed by atoms with Crippen LogP contribution in [0.3, 0.4) is 0 Å². The van der Waals surface area contributed by atoms with Crippen molar-refractivity contribution < 1.29 is 4.74 Å². The highest BCUT2D eigenvalue weighted by molar-refractivity contribution is 5.40. The van der Waals surface area contributed by atoms with Crippen LogP contribution in [-0.2, 0) is 6.42 Å². The Bertz CT molecular complexity index is 346. The third kappa shape index (κ3) is 2.36. The summed E-state index contributed by atoms with van der Waals surface area (Å²) < 4.78 is 5.43. The summed E-state index contributed by atoms with van der Waals surface area (Å²) in [6.07, 6.45) is 1.07. The zero-order valence-corrected chi connectivity index (χ0v) is 10.0. The molecule has 1 aliphatic heterocycles. The molecule has 16 heavy (non-hydrogen) atoms. The van der Waals surface area contributed by atoms with Crippen molar-refractivity contribution in [3.63, 3.8) is 0 Å². The van der Waals surface area contributed by atoms with E-state index in [-0.39, 0.29) is 0 Å². The molecule has 3 nitrogen and oxygen atoms in total. The van der Waals surface area contributed by atoms with Gasteiger partial charge in [0.25, 0.3) is 0 Å². The molecule has 88 valence electrons. The van der Waals surface area contributed by atoms with Crippen LogP contribution in [-0.4, -0.2) is 26.7 Å². The molecule has 0 aromatic heterocycles. The van der Waals surface area contributed by atoms with Crippen molar-refractivity contribution in [2.24, 2.45) is 0 Å². The van der Waals surface area contributed by atoms with E-state index in [0.29, 0.717) is 6.04 Å². The first-order valence-corrected chi connectivity index (χ1v) is 5.96. The molecule has 0 aliphatic carbocycles. The van der Waals surface area contributed by atoms with Crippen LogP contribution >= 0.6 is 0 Å². The van der Waals surface area contributed by atoms with Gasteiger partial charge in [0.2, 0.25) is 0 Å². The minimum Gasteiger partial charge on any atom is -0.496 e. The molecule has 0 radical (unpaired) electrons. The summed E-state index contributed by atoms with van der Waals surface area (Å²) in [6.45, 7) is 5.22. The van der Waals surface area contributed by atoms with E-state index < -0.39 is 0 Å². The fraction of sp³-hybridized carbons (Fsp3) is 0.538. The second kappa shape index (κ2) is 5.32. The summed E-state index contributed by atoms with van der Waals surface area (Å²) in [7, 11) is 1.74. The second-order valence-corrected chi connectivity index (χ2v) is 4.14. The van der Waals surface area contributed by atoms with Gasteiger partial charge in [-0.3, -0.25) is 0 Å². The first kappa shape index (κ1) is 11.4. The molecular formula is C13H20N2O. The van der Waals surface area contributed by atoms with Gasteiger partial charge in [0, 0.05) is 31.2 Å². The fourth-order valence-electron chi connectivity index (χ4n) is 2.15. The predicted molar refractivity (Wildman–Crippen MR) is 66.0 cm³/mol. The van der Waals surface area contributed by atoms with Crippen LogP contribution < -0.4 is 15.4 Å². The molecule has 1 fully saturated rings. The maximum absolute atomic E-state index is 5.43. The highest BCUT2D eigenvalue weighted by Gasteiger charge is 2.18. The highest BCUT2D eigenvalue weighted by atomic mass is 16.5. The van der Waals surface area contributed by atoms with Gasteiger partial charge in [-0.2, -0.15) is 0 Å². The number of hydrogen-bond acceptors (Lipinski definition) is 3. The molecule has 3 heteroatoms. The smallest absolute Gasteiger partial charge is 0.123 e. The van der Waals surface area contributed by atoms with Crippen LogP contribution in [0.5, 0.6) is 5.75 Å². The molecule has 2 rings (SSSR count). The Morgan fingerprint density at radius 1 is 1.38 bits per heavy atom. The molecule has 1 atom stereocenters. The SMILES string of the molecule is CCc1ccc(OC)c(C2CNCCN2)c1. The Morgan fingerprint density at radius 2 is 2.25 bits per heavy atom. The maximum atomic E-state index is 5.43. The van der Waals surface area contributed by atoms with E-state index in [1.807, 2.05) is 0 Å². The van der Waals surface area contributed by atoms with Crippen LogP contribution in [0.4, 0.5) is 0 Å². The van der Waals surface area contributed by atoms with Crippen LogP contribution in [0.2, 0.25) is 0 Å². The molecule has 1 aromatic carbocycles. The van der Waals surface area contributed by atoms with Gasteiger partial charge in [-0.15, -0.1) is 0 Å². The maximum Gasteiger partial charge on any atom is 0.123 e. The van der Waals surface area contributed by atoms with Crippen molar-refractivity contribution in [2.75, 3.05) is 26.7 Å². The van der Waals surface area contributed by atoms with Crippen LogP contribution in [0.25, 0.3) is 0 Å². The van der Waals surface area contributed by atoms with E-state index in [0.717, 1.165) is 31.8 Å². The number of benzene rings is 1. The van der Waals surface area contributed by atoms with Gasteiger partial charge < -0.3 is 15.4 Å². The molecule has 1 aliphatic rings. The van der Waals surface area contributed by atoms with Crippen molar-refractivity contribution in [1.29, 1.82) is 0 Å². The summed E-state index contributed by atoms with van der Waals surface area (Å²) in [4.78, 5) is 0. The van der Waals surface area contributed by atoms with E-state index in [1.165, 1.54) is 11.1 Å². The third-order valence-corrected chi connectivity index (χ3v) is 3.12. The number of piperazine rings is 1. The van der Waals surface area contributed by atoms with Crippen LogP contribution in [0.15, 0.2) is 18.2 Å². The Kier molecular flexibility index (Phi) is 3.80. The Hall–Kier alpha value is -1.06. The van der Waals surface area contributed by atoms with E-state index in [4.69, 9.17) is 4.74 Å². The molecule has 1 aromatic rings. The monoisotopic (exact) mass is 220 g/mol. The van der Waals surface area contributed by atoms with Gasteiger partial charge in [-0.1, -0.05) is 19.1 Å². The lowest BCUT2D eigenvalue weighted by Crippen LogP contribution is -2.42. The number of rotatable bonds is 3. The normalized spacial score (nSPS) is 20.8. The molecular weight excluding hydrogens is 200 g/mol. The van der Waals surface area contributed by atoms with Gasteiger partial charge in [-0.05, 0) is 18.1 Å². The van der Waals surface area contributed by atoms with Crippen LogP contribution in [0.1, 0.15) is 24.1 Å². The van der Waals surface area contributed by atoms with E-state index >= 15 is 0 Å². The van der Waals surface area contributed by atoms with Crippen LogP contribution in [0, 0.1) is 0 Å². The molecule has 0 bridgehead atoms. The van der Waals surface area contributed by atoms with Gasteiger partial charge in [0.05, 0.1) is 7.11 Å². The lowest BCUT2D eigenvalue weighted by Gasteiger charge is -2.26. The van der Waals surface area contributed by atoms with Gasteiger partial charge in [-0.25, -0.2) is 0 Å². The van der Waals surface area contributed by atoms with E-state index in [1.54, 1.807) is 7.11 Å². The third-order valence-electron chi connectivity index (χ3n) is 3.12. The molecule has 2 N–H and O–H groups in total. The van der Waals surface area contributed by atoms with Gasteiger partial charge in [0.1, 0.15) is 5.75 Å². The number of aryl methyl sites for hydroxylation is 1. The summed E-state index contributed by atoms with van der Waals surface area (Å²) in [5, 5.41) is 6.92. The van der Waals surface area contributed by atoms with Gasteiger partial charge >= 0.3 is 0 Å². The van der Waals surface area contributed by atoms with E-state index in [9.17, 15) is 0 Å². The number of hydrogen-bond donors (Lipinski definition) is 2. The van der Waals surface area contributed by atoms with Crippen molar-refractivity contribution in [3.8, 4) is 5.75 Å². The summed E-state index contributed by atoms with van der Waals surface area (Å²) in [6, 6.07) is 6.84. The zero-order valence-electron chi connectivity index (χ0n) is 10.0. The Labute approximate surface area is 97.2 Å². The van der Waals surface area contributed by atoms with Crippen molar-refractivity contribution >= 4 is 0 Å². The largest absolute Gasteiger partial charge is 0.496 e. The average molecular weight is 220 g/mol. The molecule has 0 spiro atoms. The first-order valence-electron chi connectivity index (χ1n) is 5.96. The zero-order chi connectivity index (χ0) is 11.4. The second-order valence-electron chi connectivity index (χ2n) is 4.14. The lowest BCUT2D eigenvalue weighted by molar-refractivity contribution is 0.381. The summed E-state index contributed by atoms with van der Waals surface area (Å²) in [5.41, 5.74) is 2.64. The minimum atomic E-state index is 0.371. The average Bonchev–Trinajstić information content (AvgIpc) is 2.39. The van der Waals surface area contributed by atoms with Crippen molar-refractivity contribution in [3.05, 3.63) is 29.3 Å². The molecule has 1 unspecified atom stereocenters. The summed E-state index contributed by atoms with van der Waals surface area (Å²) >= 11 is 0.